The van der Waals surface area contributed by atoms with E-state index in [1.807, 2.05) is 0 Å². The highest BCUT2D eigenvalue weighted by molar-refractivity contribution is 5.92. The van der Waals surface area contributed by atoms with E-state index in [2.05, 4.69) is 29.1 Å². The lowest BCUT2D eigenvalue weighted by Gasteiger charge is -2.26. The maximum absolute atomic E-state index is 12.3. The van der Waals surface area contributed by atoms with Crippen LogP contribution in [0.5, 0.6) is 0 Å². The Bertz CT molecular complexity index is 445. The van der Waals surface area contributed by atoms with E-state index in [0.29, 0.717) is 43.9 Å². The van der Waals surface area contributed by atoms with Crippen LogP contribution in [0.25, 0.3) is 0 Å². The average Bonchev–Trinajstić information content (AvgIpc) is 2.47. The first-order valence-electron chi connectivity index (χ1n) is 7.11. The lowest BCUT2D eigenvalue weighted by atomic mass is 10.1. The third-order valence-electron chi connectivity index (χ3n) is 3.18. The zero-order chi connectivity index (χ0) is 14.4. The monoisotopic (exact) mass is 278 g/mol. The van der Waals surface area contributed by atoms with Crippen molar-refractivity contribution < 1.29 is 9.53 Å². The Labute approximate surface area is 119 Å². The minimum absolute atomic E-state index is 0.0531. The van der Waals surface area contributed by atoms with Gasteiger partial charge in [0.05, 0.1) is 13.2 Å². The summed E-state index contributed by atoms with van der Waals surface area (Å²) in [6, 6.07) is 1.66. The number of amides is 1. The number of morpholine rings is 1. The summed E-state index contributed by atoms with van der Waals surface area (Å²) in [6.07, 6.45) is 2.67. The van der Waals surface area contributed by atoms with Crippen LogP contribution in [0.3, 0.4) is 0 Å². The molecule has 20 heavy (non-hydrogen) atoms. The van der Waals surface area contributed by atoms with E-state index in [1.54, 1.807) is 17.2 Å². The SMILES string of the molecule is CC(C)CCNc1nccc(C(=O)N2CCOCC2)n1. The fourth-order valence-corrected chi connectivity index (χ4v) is 1.96. The Balaban J connectivity index is 1.95. The molecule has 0 radical (unpaired) electrons. The highest BCUT2D eigenvalue weighted by Gasteiger charge is 2.19. The smallest absolute Gasteiger partial charge is 0.272 e. The largest absolute Gasteiger partial charge is 0.378 e. The zero-order valence-corrected chi connectivity index (χ0v) is 12.1. The summed E-state index contributed by atoms with van der Waals surface area (Å²) >= 11 is 0. The van der Waals surface area contributed by atoms with Crippen LogP contribution in [-0.2, 0) is 4.74 Å². The number of nitrogens with one attached hydrogen (secondary N) is 1. The molecule has 0 aliphatic carbocycles. The van der Waals surface area contributed by atoms with Crippen LogP contribution < -0.4 is 5.32 Å². The van der Waals surface area contributed by atoms with Crippen LogP contribution >= 0.6 is 0 Å². The fraction of sp³-hybridized carbons (Fsp3) is 0.643. The number of rotatable bonds is 5. The topological polar surface area (TPSA) is 67.4 Å². The fourth-order valence-electron chi connectivity index (χ4n) is 1.96. The van der Waals surface area contributed by atoms with Crippen molar-refractivity contribution in [3.8, 4) is 0 Å². The predicted molar refractivity (Wildman–Crippen MR) is 76.7 cm³/mol. The summed E-state index contributed by atoms with van der Waals surface area (Å²) in [7, 11) is 0. The number of carbonyl (C=O) groups excluding carboxylic acids is 1. The molecule has 1 fully saturated rings. The van der Waals surface area contributed by atoms with E-state index < -0.39 is 0 Å². The van der Waals surface area contributed by atoms with Gasteiger partial charge in [-0.2, -0.15) is 0 Å². The van der Waals surface area contributed by atoms with Crippen molar-refractivity contribution >= 4 is 11.9 Å². The number of aromatic nitrogens is 2. The molecule has 0 bridgehead atoms. The number of carbonyl (C=O) groups is 1. The molecule has 0 atom stereocenters. The first-order chi connectivity index (χ1) is 9.66. The highest BCUT2D eigenvalue weighted by atomic mass is 16.5. The molecule has 2 heterocycles. The van der Waals surface area contributed by atoms with Crippen molar-refractivity contribution in [2.24, 2.45) is 5.92 Å². The van der Waals surface area contributed by atoms with Crippen LogP contribution in [-0.4, -0.2) is 53.6 Å². The van der Waals surface area contributed by atoms with Gasteiger partial charge in [-0.25, -0.2) is 9.97 Å². The minimum atomic E-state index is -0.0531. The summed E-state index contributed by atoms with van der Waals surface area (Å²) in [5.74, 6) is 1.09. The molecule has 1 aliphatic rings. The van der Waals surface area contributed by atoms with Gasteiger partial charge < -0.3 is 15.0 Å². The Morgan fingerprint density at radius 2 is 2.20 bits per heavy atom. The molecular weight excluding hydrogens is 256 g/mol. The third kappa shape index (κ3) is 4.16. The maximum atomic E-state index is 12.3. The number of hydrogen-bond acceptors (Lipinski definition) is 5. The third-order valence-corrected chi connectivity index (χ3v) is 3.18. The first kappa shape index (κ1) is 14.7. The van der Waals surface area contributed by atoms with Gasteiger partial charge in [-0.05, 0) is 18.4 Å². The van der Waals surface area contributed by atoms with Gasteiger partial charge in [0.1, 0.15) is 5.69 Å². The zero-order valence-electron chi connectivity index (χ0n) is 12.1. The number of anilines is 1. The van der Waals surface area contributed by atoms with Gasteiger partial charge in [0.2, 0.25) is 5.95 Å². The summed E-state index contributed by atoms with van der Waals surface area (Å²) < 4.78 is 5.25. The lowest BCUT2D eigenvalue weighted by Crippen LogP contribution is -2.41. The van der Waals surface area contributed by atoms with E-state index >= 15 is 0 Å². The normalized spacial score (nSPS) is 15.4. The van der Waals surface area contributed by atoms with Crippen molar-refractivity contribution in [2.75, 3.05) is 38.2 Å². The molecule has 1 aliphatic heterocycles. The molecule has 6 nitrogen and oxygen atoms in total. The average molecular weight is 278 g/mol. The summed E-state index contributed by atoms with van der Waals surface area (Å²) in [6.45, 7) is 7.58. The second-order valence-corrected chi connectivity index (χ2v) is 5.28. The molecule has 1 amide bonds. The van der Waals surface area contributed by atoms with E-state index in [0.717, 1.165) is 13.0 Å². The standard InChI is InChI=1S/C14H22N4O2/c1-11(2)3-5-15-14-16-6-4-12(17-14)13(19)18-7-9-20-10-8-18/h4,6,11H,3,5,7-10H2,1-2H3,(H,15,16,17). The molecule has 1 N–H and O–H groups in total. The first-order valence-corrected chi connectivity index (χ1v) is 7.11. The van der Waals surface area contributed by atoms with Gasteiger partial charge in [-0.3, -0.25) is 4.79 Å². The highest BCUT2D eigenvalue weighted by Crippen LogP contribution is 2.07. The number of nitrogens with zero attached hydrogens (tertiary/aromatic N) is 3. The maximum Gasteiger partial charge on any atom is 0.272 e. The summed E-state index contributed by atoms with van der Waals surface area (Å²) in [5, 5.41) is 3.16. The second kappa shape index (κ2) is 7.19. The second-order valence-electron chi connectivity index (χ2n) is 5.28. The van der Waals surface area contributed by atoms with E-state index in [4.69, 9.17) is 4.74 Å². The van der Waals surface area contributed by atoms with Crippen molar-refractivity contribution in [3.63, 3.8) is 0 Å². The molecule has 1 saturated heterocycles. The lowest BCUT2D eigenvalue weighted by molar-refractivity contribution is 0.0299. The molecule has 110 valence electrons. The van der Waals surface area contributed by atoms with Crippen molar-refractivity contribution in [1.82, 2.24) is 14.9 Å². The number of ether oxygens (including phenoxy) is 1. The van der Waals surface area contributed by atoms with Crippen LogP contribution in [0.2, 0.25) is 0 Å². The molecule has 0 saturated carbocycles. The quantitative estimate of drug-likeness (QED) is 0.882. The molecule has 0 unspecified atom stereocenters. The van der Waals surface area contributed by atoms with Crippen LogP contribution in [0.15, 0.2) is 12.3 Å². The Morgan fingerprint density at radius 3 is 2.90 bits per heavy atom. The van der Waals surface area contributed by atoms with E-state index in [-0.39, 0.29) is 5.91 Å². The van der Waals surface area contributed by atoms with Gasteiger partial charge in [-0.15, -0.1) is 0 Å². The summed E-state index contributed by atoms with van der Waals surface area (Å²) in [5.41, 5.74) is 0.439. The van der Waals surface area contributed by atoms with Crippen molar-refractivity contribution in [2.45, 2.75) is 20.3 Å². The molecule has 0 aromatic carbocycles. The van der Waals surface area contributed by atoms with Crippen LogP contribution in [0.1, 0.15) is 30.8 Å². The van der Waals surface area contributed by atoms with Gasteiger partial charge in [-0.1, -0.05) is 13.8 Å². The molecule has 1 aromatic rings. The minimum Gasteiger partial charge on any atom is -0.378 e. The predicted octanol–water partition coefficient (Wildman–Crippen LogP) is 1.41. The Morgan fingerprint density at radius 1 is 1.45 bits per heavy atom. The molecule has 1 aromatic heterocycles. The molecule has 2 rings (SSSR count). The Kier molecular flexibility index (Phi) is 5.29. The van der Waals surface area contributed by atoms with Crippen molar-refractivity contribution in [3.05, 3.63) is 18.0 Å². The molecule has 0 spiro atoms. The van der Waals surface area contributed by atoms with Gasteiger partial charge in [0, 0.05) is 25.8 Å². The van der Waals surface area contributed by atoms with E-state index in [1.165, 1.54) is 0 Å². The Hall–Kier alpha value is -1.69. The summed E-state index contributed by atoms with van der Waals surface area (Å²) in [4.78, 5) is 22.5. The van der Waals surface area contributed by atoms with Crippen LogP contribution in [0, 0.1) is 5.92 Å². The van der Waals surface area contributed by atoms with E-state index in [9.17, 15) is 4.79 Å². The van der Waals surface area contributed by atoms with Gasteiger partial charge in [0.25, 0.3) is 5.91 Å². The molecular formula is C14H22N4O2. The number of hydrogen-bond donors (Lipinski definition) is 1. The van der Waals surface area contributed by atoms with Crippen molar-refractivity contribution in [1.29, 1.82) is 0 Å². The van der Waals surface area contributed by atoms with Gasteiger partial charge in [0.15, 0.2) is 0 Å². The molecule has 6 heteroatoms. The van der Waals surface area contributed by atoms with Crippen LogP contribution in [0.4, 0.5) is 5.95 Å². The van der Waals surface area contributed by atoms with Gasteiger partial charge >= 0.3 is 0 Å².